The van der Waals surface area contributed by atoms with E-state index in [1.807, 2.05) is 32.7 Å². The molecule has 0 unspecified atom stereocenters. The molecular formula is C9H36O16Si8. The van der Waals surface area contributed by atoms with Crippen molar-refractivity contribution in [2.45, 2.75) is 58.9 Å². The zero-order valence-corrected chi connectivity index (χ0v) is 27.9. The van der Waals surface area contributed by atoms with E-state index in [-0.39, 0.29) is 0 Å². The van der Waals surface area contributed by atoms with Gasteiger partial charge in [-0.25, -0.2) is 0 Å². The first kappa shape index (κ1) is 34.1. The lowest BCUT2D eigenvalue weighted by Crippen LogP contribution is -2.67. The van der Waals surface area contributed by atoms with E-state index in [2.05, 4.69) is 12.3 Å². The molecule has 0 heterocycles. The van der Waals surface area contributed by atoms with Crippen molar-refractivity contribution in [3.05, 3.63) is 0 Å². The number of hydrogen-bond acceptors (Lipinski definition) is 16. The lowest BCUT2D eigenvalue weighted by atomic mass is 11.8. The number of rotatable bonds is 14. The molecule has 200 valence electrons. The maximum atomic E-state index is 10.1. The molecular weight excluding hydrogens is 589 g/mol. The molecule has 0 aromatic heterocycles. The van der Waals surface area contributed by atoms with Crippen LogP contribution in [-0.2, 0) is 28.8 Å². The van der Waals surface area contributed by atoms with E-state index in [1.165, 1.54) is 13.1 Å². The van der Waals surface area contributed by atoms with E-state index < -0.39 is 70.2 Å². The standard InChI is InChI=1S/C9H36O16Si8/c1-26(2,3)19-27(4,5)20-28(6,7)21-29(8,9)22-31(13,14)24-33(17,18)25-32(15,16)23-30(10,11)12/h10-18H,1-9H3. The van der Waals surface area contributed by atoms with Crippen LogP contribution in [0.15, 0.2) is 0 Å². The first-order valence-corrected chi connectivity index (χ1v) is 28.1. The second-order valence-electron chi connectivity index (χ2n) is 9.25. The summed E-state index contributed by atoms with van der Waals surface area (Å²) in [6.45, 7) is 15.9. The smallest absolute Gasteiger partial charge is 0.437 e. The first-order valence-electron chi connectivity index (χ1n) is 9.37. The lowest BCUT2D eigenvalue weighted by Gasteiger charge is -2.40. The fraction of sp³-hybridized carbons (Fsp3) is 1.00. The summed E-state index contributed by atoms with van der Waals surface area (Å²) in [5.74, 6) is 0. The van der Waals surface area contributed by atoms with Gasteiger partial charge < -0.3 is 72.0 Å². The molecule has 0 aliphatic rings. The molecule has 0 aromatic rings. The SMILES string of the molecule is C[Si](C)(C)O[Si](C)(C)O[Si](C)(C)O[Si](C)(C)O[Si](O)(O)O[Si](O)(O)O[Si](O)(O)O[Si](O)(O)O. The monoisotopic (exact) mass is 624 g/mol. The average Bonchev–Trinajstić information content (AvgIpc) is 2.20. The fourth-order valence-electron chi connectivity index (χ4n) is 2.89. The van der Waals surface area contributed by atoms with E-state index in [9.17, 15) is 28.8 Å². The van der Waals surface area contributed by atoms with Gasteiger partial charge in [-0.2, -0.15) is 0 Å². The average molecular weight is 625 g/mol. The number of hydrogen-bond donors (Lipinski definition) is 9. The molecule has 0 aliphatic heterocycles. The Labute approximate surface area is 200 Å². The van der Waals surface area contributed by atoms with Crippen molar-refractivity contribution in [2.24, 2.45) is 0 Å². The van der Waals surface area contributed by atoms with E-state index in [1.54, 1.807) is 13.1 Å². The van der Waals surface area contributed by atoms with Gasteiger partial charge in [-0.1, -0.05) is 0 Å². The van der Waals surface area contributed by atoms with Crippen molar-refractivity contribution in [3.8, 4) is 0 Å². The first-order chi connectivity index (χ1) is 13.9. The molecule has 0 spiro atoms. The van der Waals surface area contributed by atoms with Crippen molar-refractivity contribution in [1.29, 1.82) is 0 Å². The van der Waals surface area contributed by atoms with Gasteiger partial charge in [0.2, 0.25) is 0 Å². The van der Waals surface area contributed by atoms with Crippen molar-refractivity contribution >= 4 is 70.2 Å². The van der Waals surface area contributed by atoms with Crippen molar-refractivity contribution < 1.29 is 72.0 Å². The second-order valence-corrected chi connectivity index (χ2v) is 32.0. The molecule has 0 aromatic carbocycles. The molecule has 0 amide bonds. The third-order valence-electron chi connectivity index (χ3n) is 2.72. The highest BCUT2D eigenvalue weighted by Gasteiger charge is 2.61. The van der Waals surface area contributed by atoms with Gasteiger partial charge in [0.1, 0.15) is 0 Å². The van der Waals surface area contributed by atoms with Gasteiger partial charge >= 0.3 is 61.9 Å². The van der Waals surface area contributed by atoms with Gasteiger partial charge in [0.05, 0.1) is 0 Å². The Morgan fingerprint density at radius 3 is 0.939 bits per heavy atom. The van der Waals surface area contributed by atoms with Crippen LogP contribution in [0.2, 0.25) is 58.9 Å². The Balaban J connectivity index is 5.27. The lowest BCUT2D eigenvalue weighted by molar-refractivity contribution is -0.00675. The van der Waals surface area contributed by atoms with Crippen LogP contribution in [0.4, 0.5) is 0 Å². The Kier molecular flexibility index (Phi) is 11.2. The van der Waals surface area contributed by atoms with Crippen LogP contribution in [0, 0.1) is 0 Å². The zero-order chi connectivity index (χ0) is 26.9. The topological polar surface area (TPSA) is 247 Å². The summed E-state index contributed by atoms with van der Waals surface area (Å²) in [7, 11) is -33.5. The Hall–Kier alpha value is 1.10. The highest BCUT2D eigenvalue weighted by Crippen LogP contribution is 2.26. The zero-order valence-electron chi connectivity index (χ0n) is 19.9. The third-order valence-corrected chi connectivity index (χ3v) is 24.4. The van der Waals surface area contributed by atoms with Crippen LogP contribution in [0.1, 0.15) is 0 Å². The van der Waals surface area contributed by atoms with Crippen LogP contribution in [0.3, 0.4) is 0 Å². The molecule has 0 aliphatic carbocycles. The van der Waals surface area contributed by atoms with E-state index in [4.69, 9.17) is 30.8 Å². The van der Waals surface area contributed by atoms with Gasteiger partial charge in [0.25, 0.3) is 0 Å². The molecule has 33 heavy (non-hydrogen) atoms. The minimum atomic E-state index is -5.80. The Morgan fingerprint density at radius 2 is 0.606 bits per heavy atom. The van der Waals surface area contributed by atoms with Crippen LogP contribution in [0.5, 0.6) is 0 Å². The summed E-state index contributed by atoms with van der Waals surface area (Å²) in [5, 5.41) is 0. The predicted octanol–water partition coefficient (Wildman–Crippen LogP) is -3.28. The molecule has 0 fully saturated rings. The molecule has 9 N–H and O–H groups in total. The molecule has 16 nitrogen and oxygen atoms in total. The van der Waals surface area contributed by atoms with Gasteiger partial charge in [0.15, 0.2) is 8.32 Å². The fourth-order valence-corrected chi connectivity index (χ4v) is 28.3. The molecule has 0 radical (unpaired) electrons. The van der Waals surface area contributed by atoms with E-state index >= 15 is 0 Å². The van der Waals surface area contributed by atoms with Gasteiger partial charge in [-0.15, -0.1) is 0 Å². The van der Waals surface area contributed by atoms with Gasteiger partial charge in [-0.05, 0) is 58.9 Å². The normalized spacial score (nSPS) is 15.8. The Morgan fingerprint density at radius 1 is 0.333 bits per heavy atom. The summed E-state index contributed by atoms with van der Waals surface area (Å²) in [6.07, 6.45) is 0. The van der Waals surface area contributed by atoms with Crippen molar-refractivity contribution in [1.82, 2.24) is 0 Å². The summed E-state index contributed by atoms with van der Waals surface area (Å²) in [6, 6.07) is 0. The predicted molar refractivity (Wildman–Crippen MR) is 126 cm³/mol. The minimum absolute atomic E-state index is 1.40. The highest BCUT2D eigenvalue weighted by atomic mass is 28.6. The van der Waals surface area contributed by atoms with Crippen LogP contribution in [0.25, 0.3) is 0 Å². The summed E-state index contributed by atoms with van der Waals surface area (Å²) >= 11 is 0. The van der Waals surface area contributed by atoms with Crippen LogP contribution in [-0.4, -0.2) is 113 Å². The molecule has 0 saturated carbocycles. The maximum absolute atomic E-state index is 10.1. The Bertz CT molecular complexity index is 589. The van der Waals surface area contributed by atoms with Gasteiger partial charge in [0, 0.05) is 0 Å². The van der Waals surface area contributed by atoms with Crippen LogP contribution >= 0.6 is 0 Å². The molecule has 0 bridgehead atoms. The molecule has 0 saturated heterocycles. The van der Waals surface area contributed by atoms with Gasteiger partial charge in [-0.3, -0.25) is 0 Å². The van der Waals surface area contributed by atoms with Crippen molar-refractivity contribution in [2.75, 3.05) is 0 Å². The highest BCUT2D eigenvalue weighted by molar-refractivity contribution is 6.89. The van der Waals surface area contributed by atoms with E-state index in [0.717, 1.165) is 0 Å². The maximum Gasteiger partial charge on any atom is 0.665 e. The minimum Gasteiger partial charge on any atom is -0.437 e. The largest absolute Gasteiger partial charge is 0.665 e. The third kappa shape index (κ3) is 17.2. The molecule has 0 rings (SSSR count). The quantitative estimate of drug-likeness (QED) is 0.0859. The van der Waals surface area contributed by atoms with Crippen molar-refractivity contribution in [3.63, 3.8) is 0 Å². The van der Waals surface area contributed by atoms with Crippen LogP contribution < -0.4 is 0 Å². The molecule has 0 atom stereocenters. The second kappa shape index (κ2) is 10.8. The van der Waals surface area contributed by atoms with E-state index in [0.29, 0.717) is 0 Å². The summed E-state index contributed by atoms with van der Waals surface area (Å²) in [5.41, 5.74) is 0. The molecule has 24 heteroatoms. The summed E-state index contributed by atoms with van der Waals surface area (Å²) < 4.78 is 35.2. The summed E-state index contributed by atoms with van der Waals surface area (Å²) in [4.78, 5) is 84.5.